The number of imide groups is 1. The summed E-state index contributed by atoms with van der Waals surface area (Å²) in [5.41, 5.74) is -0.160. The van der Waals surface area contributed by atoms with Crippen LogP contribution in [0.15, 0.2) is 84.9 Å². The predicted molar refractivity (Wildman–Crippen MR) is 123 cm³/mol. The summed E-state index contributed by atoms with van der Waals surface area (Å²) in [6.45, 7) is 0.0567. The van der Waals surface area contributed by atoms with Crippen LogP contribution in [0.1, 0.15) is 11.1 Å². The van der Waals surface area contributed by atoms with Crippen LogP contribution in [-0.4, -0.2) is 48.5 Å². The van der Waals surface area contributed by atoms with E-state index in [0.29, 0.717) is 22.6 Å². The van der Waals surface area contributed by atoms with Crippen LogP contribution in [-0.2, 0) is 15.1 Å². The molecular formula is C26H23N3O5. The van der Waals surface area contributed by atoms with Gasteiger partial charge in [-0.2, -0.15) is 0 Å². The third-order valence-corrected chi connectivity index (χ3v) is 5.92. The largest absolute Gasteiger partial charge is 0.486 e. The number of nitrogens with zero attached hydrogens (tertiary/aromatic N) is 1. The highest BCUT2D eigenvalue weighted by Gasteiger charge is 2.54. The summed E-state index contributed by atoms with van der Waals surface area (Å²) in [6, 6.07) is 24.7. The van der Waals surface area contributed by atoms with E-state index in [-0.39, 0.29) is 19.3 Å². The van der Waals surface area contributed by atoms with Gasteiger partial charge in [-0.25, -0.2) is 4.79 Å². The van der Waals surface area contributed by atoms with E-state index in [1.165, 1.54) is 0 Å². The molecule has 2 aliphatic heterocycles. The molecule has 1 fully saturated rings. The SMILES string of the molecule is O=C(CN1C(=O)NC(c2ccccc2)(c2ccccc2)C1=O)NC[C@H]1COc2ccccc2O1. The fourth-order valence-corrected chi connectivity index (χ4v) is 4.24. The minimum atomic E-state index is -1.40. The molecule has 34 heavy (non-hydrogen) atoms. The van der Waals surface area contributed by atoms with Gasteiger partial charge in [0.1, 0.15) is 19.3 Å². The van der Waals surface area contributed by atoms with Crippen LogP contribution < -0.4 is 20.1 Å². The third kappa shape index (κ3) is 3.83. The summed E-state index contributed by atoms with van der Waals surface area (Å²) in [5.74, 6) is 0.291. The first kappa shape index (κ1) is 21.5. The van der Waals surface area contributed by atoms with Crippen LogP contribution in [0.4, 0.5) is 4.79 Å². The number of fused-ring (bicyclic) bond motifs is 1. The molecule has 2 aliphatic rings. The molecule has 0 aliphatic carbocycles. The minimum absolute atomic E-state index is 0.180. The average Bonchev–Trinajstić information content (AvgIpc) is 3.14. The van der Waals surface area contributed by atoms with Gasteiger partial charge >= 0.3 is 6.03 Å². The lowest BCUT2D eigenvalue weighted by Crippen LogP contribution is -2.47. The molecule has 0 bridgehead atoms. The fraction of sp³-hybridized carbons (Fsp3) is 0.192. The number of ether oxygens (including phenoxy) is 2. The minimum Gasteiger partial charge on any atom is -0.486 e. The Kier molecular flexibility index (Phi) is 5.63. The number of hydrogen-bond acceptors (Lipinski definition) is 5. The Morgan fingerprint density at radius 2 is 1.50 bits per heavy atom. The number of hydrogen-bond donors (Lipinski definition) is 2. The quantitative estimate of drug-likeness (QED) is 0.555. The number of carbonyl (C=O) groups is 3. The topological polar surface area (TPSA) is 97.0 Å². The lowest BCUT2D eigenvalue weighted by molar-refractivity contribution is -0.134. The standard InChI is InChI=1S/C26H23N3O5/c30-23(27-15-20-17-33-21-13-7-8-14-22(21)34-20)16-29-24(31)26(28-25(29)32,18-9-3-1-4-10-18)19-11-5-2-6-12-19/h1-14,20H,15-17H2,(H,27,30)(H,28,32)/t20-/m0/s1. The van der Waals surface area contributed by atoms with Gasteiger partial charge in [-0.3, -0.25) is 14.5 Å². The van der Waals surface area contributed by atoms with Crippen LogP contribution in [0.5, 0.6) is 11.5 Å². The van der Waals surface area contributed by atoms with Crippen molar-refractivity contribution in [3.63, 3.8) is 0 Å². The normalized spacial score (nSPS) is 18.4. The molecule has 2 N–H and O–H groups in total. The zero-order valence-electron chi connectivity index (χ0n) is 18.3. The second-order valence-corrected chi connectivity index (χ2v) is 8.11. The Balaban J connectivity index is 1.30. The summed E-state index contributed by atoms with van der Waals surface area (Å²) in [6.07, 6.45) is -0.380. The maximum absolute atomic E-state index is 13.6. The van der Waals surface area contributed by atoms with Crippen LogP contribution in [0, 0.1) is 0 Å². The number of carbonyl (C=O) groups excluding carboxylic acids is 3. The Labute approximate surface area is 196 Å². The highest BCUT2D eigenvalue weighted by atomic mass is 16.6. The molecule has 172 valence electrons. The van der Waals surface area contributed by atoms with E-state index in [1.54, 1.807) is 54.6 Å². The average molecular weight is 457 g/mol. The van der Waals surface area contributed by atoms with E-state index < -0.39 is 29.9 Å². The molecule has 1 atom stereocenters. The van der Waals surface area contributed by atoms with Crippen molar-refractivity contribution in [2.45, 2.75) is 11.6 Å². The maximum Gasteiger partial charge on any atom is 0.326 e. The molecule has 8 heteroatoms. The Hall–Kier alpha value is -4.33. The first-order valence-corrected chi connectivity index (χ1v) is 11.0. The van der Waals surface area contributed by atoms with E-state index in [4.69, 9.17) is 9.47 Å². The lowest BCUT2D eigenvalue weighted by atomic mass is 9.82. The summed E-state index contributed by atoms with van der Waals surface area (Å²) in [4.78, 5) is 40.2. The van der Waals surface area contributed by atoms with Crippen molar-refractivity contribution in [3.8, 4) is 11.5 Å². The Morgan fingerprint density at radius 1 is 0.912 bits per heavy atom. The van der Waals surface area contributed by atoms with E-state index in [9.17, 15) is 14.4 Å². The van der Waals surface area contributed by atoms with Crippen molar-refractivity contribution in [3.05, 3.63) is 96.1 Å². The van der Waals surface area contributed by atoms with Gasteiger partial charge in [0, 0.05) is 0 Å². The van der Waals surface area contributed by atoms with Crippen molar-refractivity contribution in [1.82, 2.24) is 15.5 Å². The highest BCUT2D eigenvalue weighted by molar-refractivity contribution is 6.11. The molecule has 0 unspecified atom stereocenters. The molecule has 0 aromatic heterocycles. The lowest BCUT2D eigenvalue weighted by Gasteiger charge is -2.28. The summed E-state index contributed by atoms with van der Waals surface area (Å²) >= 11 is 0. The van der Waals surface area contributed by atoms with Gasteiger partial charge in [0.15, 0.2) is 17.0 Å². The fourth-order valence-electron chi connectivity index (χ4n) is 4.24. The third-order valence-electron chi connectivity index (χ3n) is 5.92. The number of amides is 4. The van der Waals surface area contributed by atoms with E-state index in [1.807, 2.05) is 30.3 Å². The summed E-state index contributed by atoms with van der Waals surface area (Å²) in [5, 5.41) is 5.57. The molecule has 2 heterocycles. The number of nitrogens with one attached hydrogen (secondary N) is 2. The highest BCUT2D eigenvalue weighted by Crippen LogP contribution is 2.36. The molecule has 8 nitrogen and oxygen atoms in total. The van der Waals surface area contributed by atoms with Gasteiger partial charge < -0.3 is 20.1 Å². The maximum atomic E-state index is 13.6. The van der Waals surface area contributed by atoms with Crippen LogP contribution in [0.25, 0.3) is 0 Å². The number of para-hydroxylation sites is 2. The van der Waals surface area contributed by atoms with Crippen LogP contribution in [0.3, 0.4) is 0 Å². The zero-order valence-corrected chi connectivity index (χ0v) is 18.3. The van der Waals surface area contributed by atoms with Gasteiger partial charge in [-0.05, 0) is 23.3 Å². The molecule has 0 radical (unpaired) electrons. The van der Waals surface area contributed by atoms with E-state index in [2.05, 4.69) is 10.6 Å². The summed E-state index contributed by atoms with van der Waals surface area (Å²) in [7, 11) is 0. The van der Waals surface area contributed by atoms with E-state index in [0.717, 1.165) is 4.90 Å². The number of rotatable bonds is 6. The van der Waals surface area contributed by atoms with Crippen molar-refractivity contribution in [2.24, 2.45) is 0 Å². The van der Waals surface area contributed by atoms with Crippen LogP contribution >= 0.6 is 0 Å². The predicted octanol–water partition coefficient (Wildman–Crippen LogP) is 2.44. The Bertz CT molecular complexity index is 1180. The number of benzene rings is 3. The summed E-state index contributed by atoms with van der Waals surface area (Å²) < 4.78 is 11.5. The zero-order chi connectivity index (χ0) is 23.5. The number of urea groups is 1. The monoisotopic (exact) mass is 457 g/mol. The van der Waals surface area contributed by atoms with Crippen molar-refractivity contribution >= 4 is 17.8 Å². The molecule has 3 aromatic carbocycles. The van der Waals surface area contributed by atoms with Gasteiger partial charge in [-0.15, -0.1) is 0 Å². The molecule has 4 amide bonds. The van der Waals surface area contributed by atoms with Gasteiger partial charge in [0.05, 0.1) is 6.54 Å². The van der Waals surface area contributed by atoms with Crippen molar-refractivity contribution < 1.29 is 23.9 Å². The molecule has 5 rings (SSSR count). The molecule has 1 saturated heterocycles. The van der Waals surface area contributed by atoms with Gasteiger partial charge in [0.2, 0.25) is 5.91 Å². The first-order valence-electron chi connectivity index (χ1n) is 11.0. The van der Waals surface area contributed by atoms with Crippen molar-refractivity contribution in [2.75, 3.05) is 19.7 Å². The smallest absolute Gasteiger partial charge is 0.326 e. The first-order chi connectivity index (χ1) is 16.6. The second-order valence-electron chi connectivity index (χ2n) is 8.11. The van der Waals surface area contributed by atoms with Crippen molar-refractivity contribution in [1.29, 1.82) is 0 Å². The Morgan fingerprint density at radius 3 is 2.15 bits per heavy atom. The molecular weight excluding hydrogens is 434 g/mol. The molecule has 3 aromatic rings. The molecule has 0 saturated carbocycles. The molecule has 0 spiro atoms. The van der Waals surface area contributed by atoms with Gasteiger partial charge in [-0.1, -0.05) is 72.8 Å². The van der Waals surface area contributed by atoms with E-state index >= 15 is 0 Å². The van der Waals surface area contributed by atoms with Gasteiger partial charge in [0.25, 0.3) is 5.91 Å². The van der Waals surface area contributed by atoms with Crippen LogP contribution in [0.2, 0.25) is 0 Å². The second kappa shape index (κ2) is 8.90.